The van der Waals surface area contributed by atoms with Gasteiger partial charge in [-0.2, -0.15) is 0 Å². The minimum Gasteiger partial charge on any atom is -0.315 e. The highest BCUT2D eigenvalue weighted by atomic mass is 15.4. The molecule has 0 amide bonds. The molecule has 0 aliphatic carbocycles. The fraction of sp³-hybridized carbons (Fsp3) is 0.714. The quantitative estimate of drug-likeness (QED) is 0.621. The van der Waals surface area contributed by atoms with Gasteiger partial charge >= 0.3 is 0 Å². The van der Waals surface area contributed by atoms with Crippen molar-refractivity contribution in [2.24, 2.45) is 0 Å². The van der Waals surface area contributed by atoms with Crippen molar-refractivity contribution < 1.29 is 0 Å². The molecule has 1 atom stereocenters. The van der Waals surface area contributed by atoms with Gasteiger partial charge in [-0.25, -0.2) is 4.68 Å². The minimum absolute atomic E-state index is 0.524. The van der Waals surface area contributed by atoms with Crippen LogP contribution in [0, 0.1) is 6.92 Å². The minimum atomic E-state index is 0.524. The third-order valence-electron chi connectivity index (χ3n) is 2.03. The van der Waals surface area contributed by atoms with Gasteiger partial charge in [0.2, 0.25) is 0 Å². The molecule has 60 valence electrons. The maximum absolute atomic E-state index is 4.02. The van der Waals surface area contributed by atoms with Gasteiger partial charge in [-0.15, -0.1) is 5.10 Å². The van der Waals surface area contributed by atoms with Crippen LogP contribution in [0.25, 0.3) is 0 Å². The lowest BCUT2D eigenvalue weighted by molar-refractivity contribution is 0.476. The van der Waals surface area contributed by atoms with Gasteiger partial charge in [-0.05, 0) is 19.9 Å². The standard InChI is InChI=1S/C7H12N4/c1-6-5-11(10-9-6)7-2-3-8-4-7/h5,7-8H,2-4H2,1H3/t7-/m0/s1. The lowest BCUT2D eigenvalue weighted by Gasteiger charge is -2.05. The summed E-state index contributed by atoms with van der Waals surface area (Å²) in [7, 11) is 0. The van der Waals surface area contributed by atoms with E-state index in [1.165, 1.54) is 6.42 Å². The smallest absolute Gasteiger partial charge is 0.0796 e. The molecule has 0 aromatic carbocycles. The molecule has 1 fully saturated rings. The van der Waals surface area contributed by atoms with Crippen LogP contribution in [0.4, 0.5) is 0 Å². The van der Waals surface area contributed by atoms with Crippen molar-refractivity contribution in [3.63, 3.8) is 0 Å². The van der Waals surface area contributed by atoms with E-state index >= 15 is 0 Å². The highest BCUT2D eigenvalue weighted by molar-refractivity contribution is 4.90. The lowest BCUT2D eigenvalue weighted by atomic mass is 10.3. The molecule has 0 bridgehead atoms. The summed E-state index contributed by atoms with van der Waals surface area (Å²) in [6.07, 6.45) is 3.17. The molecule has 0 unspecified atom stereocenters. The zero-order chi connectivity index (χ0) is 7.68. The van der Waals surface area contributed by atoms with E-state index in [1.54, 1.807) is 0 Å². The van der Waals surface area contributed by atoms with E-state index in [2.05, 4.69) is 15.6 Å². The van der Waals surface area contributed by atoms with Crippen LogP contribution in [0.3, 0.4) is 0 Å². The summed E-state index contributed by atoms with van der Waals surface area (Å²) in [5, 5.41) is 11.3. The Morgan fingerprint density at radius 2 is 2.64 bits per heavy atom. The molecule has 2 heterocycles. The number of aromatic nitrogens is 3. The van der Waals surface area contributed by atoms with Gasteiger partial charge < -0.3 is 5.32 Å². The fourth-order valence-corrected chi connectivity index (χ4v) is 1.41. The number of aryl methyl sites for hydroxylation is 1. The van der Waals surface area contributed by atoms with Crippen LogP contribution in [0.2, 0.25) is 0 Å². The van der Waals surface area contributed by atoms with Crippen molar-refractivity contribution in [2.75, 3.05) is 13.1 Å². The van der Waals surface area contributed by atoms with E-state index in [4.69, 9.17) is 0 Å². The molecule has 1 N–H and O–H groups in total. The van der Waals surface area contributed by atoms with E-state index in [-0.39, 0.29) is 0 Å². The molecule has 1 aromatic rings. The summed E-state index contributed by atoms with van der Waals surface area (Å²) in [4.78, 5) is 0. The second-order valence-electron chi connectivity index (χ2n) is 2.99. The van der Waals surface area contributed by atoms with Crippen molar-refractivity contribution in [1.82, 2.24) is 20.3 Å². The average Bonchev–Trinajstić information content (AvgIpc) is 2.55. The zero-order valence-electron chi connectivity index (χ0n) is 6.62. The molecule has 0 radical (unpaired) electrons. The van der Waals surface area contributed by atoms with E-state index in [1.807, 2.05) is 17.8 Å². The van der Waals surface area contributed by atoms with Crippen molar-refractivity contribution in [3.05, 3.63) is 11.9 Å². The van der Waals surface area contributed by atoms with Gasteiger partial charge in [-0.1, -0.05) is 5.21 Å². The van der Waals surface area contributed by atoms with Gasteiger partial charge in [0.15, 0.2) is 0 Å². The summed E-state index contributed by atoms with van der Waals surface area (Å²) in [5.74, 6) is 0. The molecule has 1 aromatic heterocycles. The SMILES string of the molecule is Cc1cn([C@H]2CCNC2)nn1. The van der Waals surface area contributed by atoms with Gasteiger partial charge in [0.25, 0.3) is 0 Å². The van der Waals surface area contributed by atoms with E-state index in [0.29, 0.717) is 6.04 Å². The Bertz CT molecular complexity index is 236. The molecule has 11 heavy (non-hydrogen) atoms. The van der Waals surface area contributed by atoms with Crippen LogP contribution in [0.15, 0.2) is 6.20 Å². The van der Waals surface area contributed by atoms with Crippen molar-refractivity contribution in [2.45, 2.75) is 19.4 Å². The molecule has 0 spiro atoms. The summed E-state index contributed by atoms with van der Waals surface area (Å²) in [5.41, 5.74) is 0.997. The summed E-state index contributed by atoms with van der Waals surface area (Å²) >= 11 is 0. The number of nitrogens with zero attached hydrogens (tertiary/aromatic N) is 3. The first-order valence-corrected chi connectivity index (χ1v) is 3.95. The Hall–Kier alpha value is -0.900. The summed E-state index contributed by atoms with van der Waals surface area (Å²) in [6, 6.07) is 0.524. The van der Waals surface area contributed by atoms with Crippen LogP contribution in [0.1, 0.15) is 18.2 Å². The molecule has 2 rings (SSSR count). The number of nitrogens with one attached hydrogen (secondary N) is 1. The van der Waals surface area contributed by atoms with Gasteiger partial charge in [0.1, 0.15) is 0 Å². The Labute approximate surface area is 65.6 Å². The highest BCUT2D eigenvalue weighted by Gasteiger charge is 2.16. The van der Waals surface area contributed by atoms with Crippen LogP contribution >= 0.6 is 0 Å². The lowest BCUT2D eigenvalue weighted by Crippen LogP contribution is -2.13. The highest BCUT2D eigenvalue weighted by Crippen LogP contribution is 2.12. The van der Waals surface area contributed by atoms with Crippen LogP contribution in [0.5, 0.6) is 0 Å². The first-order valence-electron chi connectivity index (χ1n) is 3.95. The predicted octanol–water partition coefficient (Wildman–Crippen LogP) is 0.121. The van der Waals surface area contributed by atoms with E-state index < -0.39 is 0 Å². The first-order chi connectivity index (χ1) is 5.36. The monoisotopic (exact) mass is 152 g/mol. The molecule has 4 heteroatoms. The Morgan fingerprint density at radius 3 is 3.18 bits per heavy atom. The van der Waals surface area contributed by atoms with Crippen molar-refractivity contribution >= 4 is 0 Å². The third kappa shape index (κ3) is 1.26. The Balaban J connectivity index is 2.15. The summed E-state index contributed by atoms with van der Waals surface area (Å²) in [6.45, 7) is 4.10. The zero-order valence-corrected chi connectivity index (χ0v) is 6.62. The van der Waals surface area contributed by atoms with Gasteiger partial charge in [-0.3, -0.25) is 0 Å². The maximum atomic E-state index is 4.02. The first kappa shape index (κ1) is 6.79. The number of rotatable bonds is 1. The van der Waals surface area contributed by atoms with Crippen LogP contribution < -0.4 is 5.32 Å². The number of hydrogen-bond donors (Lipinski definition) is 1. The largest absolute Gasteiger partial charge is 0.315 e. The molecule has 4 nitrogen and oxygen atoms in total. The molecular formula is C7H12N4. The second-order valence-corrected chi connectivity index (χ2v) is 2.99. The average molecular weight is 152 g/mol. The molecule has 1 aliphatic rings. The molecule has 0 saturated carbocycles. The van der Waals surface area contributed by atoms with E-state index in [9.17, 15) is 0 Å². The maximum Gasteiger partial charge on any atom is 0.0796 e. The summed E-state index contributed by atoms with van der Waals surface area (Å²) < 4.78 is 1.95. The van der Waals surface area contributed by atoms with Crippen LogP contribution in [-0.4, -0.2) is 28.1 Å². The van der Waals surface area contributed by atoms with Gasteiger partial charge in [0.05, 0.1) is 11.7 Å². The van der Waals surface area contributed by atoms with E-state index in [0.717, 1.165) is 18.8 Å². The van der Waals surface area contributed by atoms with Gasteiger partial charge in [0, 0.05) is 12.7 Å². The predicted molar refractivity (Wildman–Crippen MR) is 41.3 cm³/mol. The van der Waals surface area contributed by atoms with Crippen molar-refractivity contribution in [1.29, 1.82) is 0 Å². The normalized spacial score (nSPS) is 24.3. The Kier molecular flexibility index (Phi) is 1.62. The van der Waals surface area contributed by atoms with Crippen LogP contribution in [-0.2, 0) is 0 Å². The number of hydrogen-bond acceptors (Lipinski definition) is 3. The van der Waals surface area contributed by atoms with Crippen molar-refractivity contribution in [3.8, 4) is 0 Å². The Morgan fingerprint density at radius 1 is 1.73 bits per heavy atom. The topological polar surface area (TPSA) is 42.7 Å². The molecular weight excluding hydrogens is 140 g/mol. The second kappa shape index (κ2) is 2.62. The third-order valence-corrected chi connectivity index (χ3v) is 2.03. The fourth-order valence-electron chi connectivity index (χ4n) is 1.41. The molecule has 1 aliphatic heterocycles. The molecule has 1 saturated heterocycles.